The average molecular weight is 234 g/mol. The van der Waals surface area contributed by atoms with Gasteiger partial charge in [-0.2, -0.15) is 0 Å². The van der Waals surface area contributed by atoms with Gasteiger partial charge in [-0.15, -0.1) is 0 Å². The number of rotatable bonds is 2. The molecule has 0 unspecified atom stereocenters. The van der Waals surface area contributed by atoms with Gasteiger partial charge in [0.25, 0.3) is 0 Å². The van der Waals surface area contributed by atoms with Gasteiger partial charge in [0.15, 0.2) is 0 Å². The molecule has 1 aromatic heterocycles. The van der Waals surface area contributed by atoms with E-state index in [1.165, 1.54) is 5.56 Å². The molecule has 2 rings (SSSR count). The molecule has 0 bridgehead atoms. The first-order chi connectivity index (χ1) is 8.04. The maximum atomic E-state index is 4.47. The van der Waals surface area contributed by atoms with Crippen LogP contribution in [-0.2, 0) is 6.42 Å². The molecule has 0 aromatic carbocycles. The largest absolute Gasteiger partial charge is 0.338 e. The molecule has 17 heavy (non-hydrogen) atoms. The lowest BCUT2D eigenvalue weighted by Gasteiger charge is -2.27. The molecule has 0 aliphatic carbocycles. The minimum Gasteiger partial charge on any atom is -0.338 e. The van der Waals surface area contributed by atoms with Crippen molar-refractivity contribution in [3.63, 3.8) is 0 Å². The van der Waals surface area contributed by atoms with E-state index in [1.807, 2.05) is 12.4 Å². The summed E-state index contributed by atoms with van der Waals surface area (Å²) < 4.78 is 0. The summed E-state index contributed by atoms with van der Waals surface area (Å²) in [5.74, 6) is 0.865. The summed E-state index contributed by atoms with van der Waals surface area (Å²) in [6.07, 6.45) is 4.96. The van der Waals surface area contributed by atoms with Gasteiger partial charge < -0.3 is 10.2 Å². The van der Waals surface area contributed by atoms with Gasteiger partial charge in [-0.05, 0) is 17.4 Å². The summed E-state index contributed by atoms with van der Waals surface area (Å²) in [6, 6.07) is 0. The van der Waals surface area contributed by atoms with Gasteiger partial charge in [0.1, 0.15) is 0 Å². The molecular weight excluding hydrogens is 212 g/mol. The molecule has 1 aliphatic heterocycles. The van der Waals surface area contributed by atoms with Gasteiger partial charge in [-0.1, -0.05) is 20.8 Å². The first kappa shape index (κ1) is 12.3. The normalized spacial score (nSPS) is 17.2. The van der Waals surface area contributed by atoms with E-state index in [0.29, 0.717) is 5.41 Å². The summed E-state index contributed by atoms with van der Waals surface area (Å²) >= 11 is 0. The summed E-state index contributed by atoms with van der Waals surface area (Å²) in [7, 11) is 0. The molecular formula is C13H22N4. The van der Waals surface area contributed by atoms with E-state index in [2.05, 4.69) is 41.0 Å². The Labute approximate surface area is 103 Å². The number of hydrogen-bond donors (Lipinski definition) is 1. The Morgan fingerprint density at radius 2 is 1.76 bits per heavy atom. The Kier molecular flexibility index (Phi) is 3.62. The Hall–Kier alpha value is -1.16. The molecule has 0 atom stereocenters. The Morgan fingerprint density at radius 3 is 2.29 bits per heavy atom. The molecule has 1 aliphatic rings. The molecule has 2 heterocycles. The molecule has 4 heteroatoms. The van der Waals surface area contributed by atoms with Crippen LogP contribution in [0.2, 0.25) is 0 Å². The van der Waals surface area contributed by atoms with E-state index in [0.717, 1.165) is 38.5 Å². The molecule has 4 nitrogen and oxygen atoms in total. The predicted octanol–water partition coefficient (Wildman–Crippen LogP) is 1.47. The second-order valence-electron chi connectivity index (χ2n) is 5.87. The Balaban J connectivity index is 2.02. The van der Waals surface area contributed by atoms with Crippen molar-refractivity contribution in [1.82, 2.24) is 15.3 Å². The fourth-order valence-corrected chi connectivity index (χ4v) is 2.08. The zero-order chi connectivity index (χ0) is 12.3. The van der Waals surface area contributed by atoms with Crippen molar-refractivity contribution in [1.29, 1.82) is 0 Å². The molecule has 0 saturated carbocycles. The average Bonchev–Trinajstić information content (AvgIpc) is 2.29. The standard InChI is InChI=1S/C13H22N4/c1-13(2,3)8-11-9-15-12(16-10-11)17-6-4-14-5-7-17/h9-10,14H,4-8H2,1-3H3. The van der Waals surface area contributed by atoms with E-state index in [-0.39, 0.29) is 0 Å². The van der Waals surface area contributed by atoms with E-state index in [4.69, 9.17) is 0 Å². The van der Waals surface area contributed by atoms with Gasteiger partial charge in [0.2, 0.25) is 5.95 Å². The highest BCUT2D eigenvalue weighted by atomic mass is 15.3. The summed E-state index contributed by atoms with van der Waals surface area (Å²) in [4.78, 5) is 11.2. The van der Waals surface area contributed by atoms with Crippen LogP contribution in [0.15, 0.2) is 12.4 Å². The summed E-state index contributed by atoms with van der Waals surface area (Å²) in [5.41, 5.74) is 1.51. The van der Waals surface area contributed by atoms with E-state index < -0.39 is 0 Å². The number of anilines is 1. The maximum absolute atomic E-state index is 4.47. The van der Waals surface area contributed by atoms with Crippen LogP contribution in [0, 0.1) is 5.41 Å². The van der Waals surface area contributed by atoms with Crippen LogP contribution in [0.5, 0.6) is 0 Å². The van der Waals surface area contributed by atoms with E-state index >= 15 is 0 Å². The molecule has 0 spiro atoms. The van der Waals surface area contributed by atoms with Crippen LogP contribution in [-0.4, -0.2) is 36.1 Å². The second-order valence-corrected chi connectivity index (χ2v) is 5.87. The van der Waals surface area contributed by atoms with E-state index in [9.17, 15) is 0 Å². The zero-order valence-electron chi connectivity index (χ0n) is 11.0. The maximum Gasteiger partial charge on any atom is 0.225 e. The highest BCUT2D eigenvalue weighted by Crippen LogP contribution is 2.20. The molecule has 1 saturated heterocycles. The first-order valence-corrected chi connectivity index (χ1v) is 6.31. The SMILES string of the molecule is CC(C)(C)Cc1cnc(N2CCNCC2)nc1. The van der Waals surface area contributed by atoms with Crippen LogP contribution in [0.3, 0.4) is 0 Å². The number of piperazine rings is 1. The molecule has 0 radical (unpaired) electrons. The molecule has 1 N–H and O–H groups in total. The lowest BCUT2D eigenvalue weighted by atomic mass is 9.89. The fraction of sp³-hybridized carbons (Fsp3) is 0.692. The van der Waals surface area contributed by atoms with Crippen molar-refractivity contribution in [2.75, 3.05) is 31.1 Å². The summed E-state index contributed by atoms with van der Waals surface area (Å²) in [5, 5.41) is 3.33. The number of hydrogen-bond acceptors (Lipinski definition) is 4. The zero-order valence-corrected chi connectivity index (χ0v) is 11.0. The van der Waals surface area contributed by atoms with Crippen LogP contribution < -0.4 is 10.2 Å². The quantitative estimate of drug-likeness (QED) is 0.841. The highest BCUT2D eigenvalue weighted by Gasteiger charge is 2.14. The lowest BCUT2D eigenvalue weighted by molar-refractivity contribution is 0.410. The monoisotopic (exact) mass is 234 g/mol. The van der Waals surface area contributed by atoms with Gasteiger partial charge in [0.05, 0.1) is 0 Å². The second kappa shape index (κ2) is 5.00. The number of nitrogens with zero attached hydrogens (tertiary/aromatic N) is 3. The highest BCUT2D eigenvalue weighted by molar-refractivity contribution is 5.30. The van der Waals surface area contributed by atoms with Crippen LogP contribution >= 0.6 is 0 Å². The topological polar surface area (TPSA) is 41.1 Å². The van der Waals surface area contributed by atoms with Gasteiger partial charge >= 0.3 is 0 Å². The lowest BCUT2D eigenvalue weighted by Crippen LogP contribution is -2.44. The third-order valence-corrected chi connectivity index (χ3v) is 2.83. The molecule has 1 aromatic rings. The first-order valence-electron chi connectivity index (χ1n) is 6.31. The van der Waals surface area contributed by atoms with Crippen LogP contribution in [0.25, 0.3) is 0 Å². The van der Waals surface area contributed by atoms with Crippen molar-refractivity contribution >= 4 is 5.95 Å². The molecule has 94 valence electrons. The predicted molar refractivity (Wildman–Crippen MR) is 70.3 cm³/mol. The Morgan fingerprint density at radius 1 is 1.18 bits per heavy atom. The molecule has 1 fully saturated rings. The fourth-order valence-electron chi connectivity index (χ4n) is 2.08. The van der Waals surface area contributed by atoms with Crippen molar-refractivity contribution in [3.05, 3.63) is 18.0 Å². The number of nitrogens with one attached hydrogen (secondary N) is 1. The van der Waals surface area contributed by atoms with Crippen molar-refractivity contribution < 1.29 is 0 Å². The Bertz CT molecular complexity index is 347. The molecule has 0 amide bonds. The third kappa shape index (κ3) is 3.66. The minimum atomic E-state index is 0.292. The van der Waals surface area contributed by atoms with Crippen LogP contribution in [0.1, 0.15) is 26.3 Å². The van der Waals surface area contributed by atoms with Gasteiger partial charge in [0, 0.05) is 38.6 Å². The van der Waals surface area contributed by atoms with Crippen LogP contribution in [0.4, 0.5) is 5.95 Å². The minimum absolute atomic E-state index is 0.292. The third-order valence-electron chi connectivity index (χ3n) is 2.83. The smallest absolute Gasteiger partial charge is 0.225 e. The van der Waals surface area contributed by atoms with Crippen molar-refractivity contribution in [2.45, 2.75) is 27.2 Å². The van der Waals surface area contributed by atoms with Gasteiger partial charge in [-0.25, -0.2) is 9.97 Å². The van der Waals surface area contributed by atoms with Crippen molar-refractivity contribution in [3.8, 4) is 0 Å². The number of aromatic nitrogens is 2. The van der Waals surface area contributed by atoms with Crippen molar-refractivity contribution in [2.24, 2.45) is 5.41 Å². The van der Waals surface area contributed by atoms with E-state index in [1.54, 1.807) is 0 Å². The summed E-state index contributed by atoms with van der Waals surface area (Å²) in [6.45, 7) is 10.7. The van der Waals surface area contributed by atoms with Gasteiger partial charge in [-0.3, -0.25) is 0 Å².